The lowest BCUT2D eigenvalue weighted by Gasteiger charge is -2.08. The van der Waals surface area contributed by atoms with Crippen molar-refractivity contribution >= 4 is 16.8 Å². The van der Waals surface area contributed by atoms with Crippen molar-refractivity contribution < 1.29 is 9.53 Å². The first kappa shape index (κ1) is 13.3. The Kier molecular flexibility index (Phi) is 4.69. The third-order valence-electron chi connectivity index (χ3n) is 2.81. The van der Waals surface area contributed by atoms with Gasteiger partial charge in [0.2, 0.25) is 5.91 Å². The summed E-state index contributed by atoms with van der Waals surface area (Å²) in [7, 11) is 0. The second kappa shape index (κ2) is 6.70. The van der Waals surface area contributed by atoms with Crippen molar-refractivity contribution in [1.29, 1.82) is 0 Å². The van der Waals surface area contributed by atoms with Crippen molar-refractivity contribution in [3.63, 3.8) is 0 Å². The van der Waals surface area contributed by atoms with Crippen molar-refractivity contribution in [2.45, 2.75) is 19.3 Å². The van der Waals surface area contributed by atoms with E-state index in [0.29, 0.717) is 13.0 Å². The molecule has 2 aromatic rings. The molecule has 5 heteroatoms. The van der Waals surface area contributed by atoms with E-state index in [1.165, 1.54) is 0 Å². The van der Waals surface area contributed by atoms with Gasteiger partial charge in [-0.1, -0.05) is 18.2 Å². The van der Waals surface area contributed by atoms with E-state index < -0.39 is 0 Å². The summed E-state index contributed by atoms with van der Waals surface area (Å²) in [5.41, 5.74) is 2.97. The van der Waals surface area contributed by atoms with E-state index in [9.17, 15) is 4.79 Å². The Balaban J connectivity index is 1.86. The number of carbonyl (C=O) groups excluding carboxylic acids is 1. The van der Waals surface area contributed by atoms with Gasteiger partial charge in [-0.3, -0.25) is 15.2 Å². The van der Waals surface area contributed by atoms with Gasteiger partial charge < -0.3 is 4.74 Å². The second-order valence-electron chi connectivity index (χ2n) is 4.20. The Morgan fingerprint density at radius 3 is 2.95 bits per heavy atom. The van der Waals surface area contributed by atoms with E-state index in [0.717, 1.165) is 29.5 Å². The molecule has 0 unspecified atom stereocenters. The van der Waals surface area contributed by atoms with Crippen LogP contribution in [0.5, 0.6) is 5.75 Å². The van der Waals surface area contributed by atoms with E-state index in [4.69, 9.17) is 10.6 Å². The number of aromatic nitrogens is 1. The molecule has 0 radical (unpaired) electrons. The predicted molar refractivity (Wildman–Crippen MR) is 73.4 cm³/mol. The molecule has 2 rings (SSSR count). The van der Waals surface area contributed by atoms with Crippen LogP contribution in [0.4, 0.5) is 0 Å². The number of nitrogens with one attached hydrogen (secondary N) is 1. The molecule has 0 spiro atoms. The number of carbonyl (C=O) groups is 1. The molecular weight excluding hydrogens is 242 g/mol. The Morgan fingerprint density at radius 1 is 1.26 bits per heavy atom. The van der Waals surface area contributed by atoms with Crippen LogP contribution in [0.15, 0.2) is 36.5 Å². The second-order valence-corrected chi connectivity index (χ2v) is 4.20. The summed E-state index contributed by atoms with van der Waals surface area (Å²) in [6.45, 7) is 0.563. The van der Waals surface area contributed by atoms with Crippen molar-refractivity contribution in [1.82, 2.24) is 10.4 Å². The quantitative estimate of drug-likeness (QED) is 0.359. The van der Waals surface area contributed by atoms with Gasteiger partial charge in [0.1, 0.15) is 11.3 Å². The highest BCUT2D eigenvalue weighted by Crippen LogP contribution is 2.23. The summed E-state index contributed by atoms with van der Waals surface area (Å²) >= 11 is 0. The molecule has 1 aromatic carbocycles. The van der Waals surface area contributed by atoms with Gasteiger partial charge in [-0.2, -0.15) is 0 Å². The van der Waals surface area contributed by atoms with Gasteiger partial charge in [0.05, 0.1) is 6.61 Å². The number of nitrogens with two attached hydrogens (primary N) is 1. The molecule has 0 fully saturated rings. The fourth-order valence-electron chi connectivity index (χ4n) is 1.83. The average molecular weight is 259 g/mol. The smallest absolute Gasteiger partial charge is 0.233 e. The lowest BCUT2D eigenvalue weighted by atomic mass is 10.2. The summed E-state index contributed by atoms with van der Waals surface area (Å²) in [4.78, 5) is 15.2. The monoisotopic (exact) mass is 259 g/mol. The number of unbranched alkanes of at least 4 members (excludes halogenated alkanes) is 1. The molecule has 1 aromatic heterocycles. The van der Waals surface area contributed by atoms with Crippen LogP contribution in [0.1, 0.15) is 19.3 Å². The summed E-state index contributed by atoms with van der Waals surface area (Å²) in [6, 6.07) is 9.75. The van der Waals surface area contributed by atoms with Crippen LogP contribution in [0, 0.1) is 0 Å². The first-order valence-electron chi connectivity index (χ1n) is 6.27. The third kappa shape index (κ3) is 3.66. The number of pyridine rings is 1. The number of para-hydroxylation sites is 1. The molecular formula is C14H17N3O2. The van der Waals surface area contributed by atoms with Gasteiger partial charge >= 0.3 is 0 Å². The van der Waals surface area contributed by atoms with Gasteiger partial charge in [0, 0.05) is 18.0 Å². The Labute approximate surface area is 111 Å². The molecule has 0 aliphatic heterocycles. The third-order valence-corrected chi connectivity index (χ3v) is 2.81. The molecule has 0 atom stereocenters. The van der Waals surface area contributed by atoms with Gasteiger partial charge in [-0.25, -0.2) is 5.84 Å². The number of hydrogen-bond donors (Lipinski definition) is 2. The Hall–Kier alpha value is -2.14. The predicted octanol–water partition coefficient (Wildman–Crippen LogP) is 1.77. The number of hydrazine groups is 1. The van der Waals surface area contributed by atoms with Crippen LogP contribution in [-0.2, 0) is 4.79 Å². The van der Waals surface area contributed by atoms with Crippen LogP contribution >= 0.6 is 0 Å². The van der Waals surface area contributed by atoms with Crippen molar-refractivity contribution in [3.8, 4) is 5.75 Å². The van der Waals surface area contributed by atoms with Crippen LogP contribution in [-0.4, -0.2) is 17.5 Å². The highest BCUT2D eigenvalue weighted by Gasteiger charge is 2.03. The van der Waals surface area contributed by atoms with Crippen LogP contribution < -0.4 is 16.0 Å². The maximum atomic E-state index is 10.9. The molecule has 0 saturated carbocycles. The van der Waals surface area contributed by atoms with Gasteiger partial charge in [0.15, 0.2) is 0 Å². The molecule has 0 aliphatic rings. The summed E-state index contributed by atoms with van der Waals surface area (Å²) in [6.07, 6.45) is 3.73. The normalized spacial score (nSPS) is 10.4. The molecule has 19 heavy (non-hydrogen) atoms. The van der Waals surface area contributed by atoms with Crippen molar-refractivity contribution in [2.24, 2.45) is 5.84 Å². The zero-order valence-electron chi connectivity index (χ0n) is 10.6. The minimum atomic E-state index is -0.146. The molecule has 1 amide bonds. The Bertz CT molecular complexity index is 552. The highest BCUT2D eigenvalue weighted by atomic mass is 16.5. The first-order valence-corrected chi connectivity index (χ1v) is 6.27. The van der Waals surface area contributed by atoms with Gasteiger partial charge in [-0.05, 0) is 25.0 Å². The topological polar surface area (TPSA) is 77.2 Å². The largest absolute Gasteiger partial charge is 0.491 e. The maximum Gasteiger partial charge on any atom is 0.233 e. The zero-order valence-corrected chi connectivity index (χ0v) is 10.6. The number of benzene rings is 1. The number of amides is 1. The van der Waals surface area contributed by atoms with E-state index in [1.807, 2.05) is 30.3 Å². The number of hydrogen-bond acceptors (Lipinski definition) is 4. The van der Waals surface area contributed by atoms with E-state index in [1.54, 1.807) is 6.20 Å². The standard InChI is InChI=1S/C14H17N3O2/c15-17-13(18)8-1-2-10-19-12-7-3-5-11-6-4-9-16-14(11)12/h3-7,9H,1-2,8,10,15H2,(H,17,18). The molecule has 0 saturated heterocycles. The first-order chi connectivity index (χ1) is 9.31. The number of ether oxygens (including phenoxy) is 1. The lowest BCUT2D eigenvalue weighted by Crippen LogP contribution is -2.29. The number of rotatable bonds is 6. The molecule has 5 nitrogen and oxygen atoms in total. The van der Waals surface area contributed by atoms with Crippen LogP contribution in [0.2, 0.25) is 0 Å². The van der Waals surface area contributed by atoms with Crippen molar-refractivity contribution in [3.05, 3.63) is 36.5 Å². The highest BCUT2D eigenvalue weighted by molar-refractivity contribution is 5.84. The SMILES string of the molecule is NNC(=O)CCCCOc1cccc2cccnc12. The Morgan fingerprint density at radius 2 is 2.11 bits per heavy atom. The molecule has 3 N–H and O–H groups in total. The van der Waals surface area contributed by atoms with E-state index in [-0.39, 0.29) is 5.91 Å². The lowest BCUT2D eigenvalue weighted by molar-refractivity contribution is -0.121. The summed E-state index contributed by atoms with van der Waals surface area (Å²) in [5.74, 6) is 5.63. The summed E-state index contributed by atoms with van der Waals surface area (Å²) in [5, 5.41) is 1.06. The minimum absolute atomic E-state index is 0.146. The molecule has 1 heterocycles. The van der Waals surface area contributed by atoms with Crippen LogP contribution in [0.3, 0.4) is 0 Å². The molecule has 100 valence electrons. The number of fused-ring (bicyclic) bond motifs is 1. The maximum absolute atomic E-state index is 10.9. The van der Waals surface area contributed by atoms with Crippen molar-refractivity contribution in [2.75, 3.05) is 6.61 Å². The van der Waals surface area contributed by atoms with E-state index in [2.05, 4.69) is 10.4 Å². The van der Waals surface area contributed by atoms with Crippen LogP contribution in [0.25, 0.3) is 10.9 Å². The molecule has 0 bridgehead atoms. The molecule has 0 aliphatic carbocycles. The fourth-order valence-corrected chi connectivity index (χ4v) is 1.83. The van der Waals surface area contributed by atoms with E-state index >= 15 is 0 Å². The van der Waals surface area contributed by atoms with Gasteiger partial charge in [-0.15, -0.1) is 0 Å². The minimum Gasteiger partial charge on any atom is -0.491 e. The summed E-state index contributed by atoms with van der Waals surface area (Å²) < 4.78 is 5.71. The zero-order chi connectivity index (χ0) is 13.5. The fraction of sp³-hybridized carbons (Fsp3) is 0.286. The average Bonchev–Trinajstić information content (AvgIpc) is 2.46. The number of nitrogens with zero attached hydrogens (tertiary/aromatic N) is 1. The van der Waals surface area contributed by atoms with Gasteiger partial charge in [0.25, 0.3) is 0 Å².